The summed E-state index contributed by atoms with van der Waals surface area (Å²) >= 11 is 3.37. The van der Waals surface area contributed by atoms with Gasteiger partial charge in [0.05, 0.1) is 12.7 Å². The van der Waals surface area contributed by atoms with Gasteiger partial charge >= 0.3 is 0 Å². The number of nitrogens with zero attached hydrogens (tertiary/aromatic N) is 1. The van der Waals surface area contributed by atoms with Crippen LogP contribution in [0.1, 0.15) is 5.56 Å². The number of hydrogen-bond donors (Lipinski definition) is 0. The minimum atomic E-state index is 0.468. The molecule has 0 unspecified atom stereocenters. The summed E-state index contributed by atoms with van der Waals surface area (Å²) < 4.78 is 11.7. The third-order valence-electron chi connectivity index (χ3n) is 2.33. The van der Waals surface area contributed by atoms with Crippen molar-refractivity contribution in [2.24, 2.45) is 0 Å². The number of halogens is 1. The Morgan fingerprint density at radius 3 is 2.61 bits per heavy atom. The molecule has 4 heteroatoms. The maximum atomic E-state index is 9.03. The van der Waals surface area contributed by atoms with Crippen LogP contribution in [0, 0.1) is 11.3 Å². The summed E-state index contributed by atoms with van der Waals surface area (Å²) in [5.74, 6) is 1.79. The van der Waals surface area contributed by atoms with Crippen molar-refractivity contribution in [3.05, 3.63) is 52.5 Å². The Morgan fingerprint density at radius 1 is 1.11 bits per heavy atom. The molecule has 18 heavy (non-hydrogen) atoms. The zero-order chi connectivity index (χ0) is 13.0. The van der Waals surface area contributed by atoms with E-state index in [0.29, 0.717) is 22.8 Å². The molecule has 0 saturated heterocycles. The minimum Gasteiger partial charge on any atom is -0.497 e. The Bertz CT molecular complexity index is 605. The van der Waals surface area contributed by atoms with Crippen LogP contribution in [0.2, 0.25) is 0 Å². The zero-order valence-corrected chi connectivity index (χ0v) is 11.3. The molecule has 0 radical (unpaired) electrons. The molecule has 0 spiro atoms. The van der Waals surface area contributed by atoms with E-state index in [0.717, 1.165) is 4.47 Å². The van der Waals surface area contributed by atoms with Gasteiger partial charge in [-0.2, -0.15) is 5.26 Å². The molecule has 90 valence electrons. The van der Waals surface area contributed by atoms with E-state index in [-0.39, 0.29) is 0 Å². The van der Waals surface area contributed by atoms with Gasteiger partial charge in [-0.15, -0.1) is 0 Å². The molecule has 2 rings (SSSR count). The summed E-state index contributed by atoms with van der Waals surface area (Å²) in [7, 11) is 1.57. The van der Waals surface area contributed by atoms with Crippen LogP contribution in [0.15, 0.2) is 46.9 Å². The van der Waals surface area contributed by atoms with Gasteiger partial charge in [0.15, 0.2) is 0 Å². The Labute approximate surface area is 114 Å². The quantitative estimate of drug-likeness (QED) is 0.856. The summed E-state index contributed by atoms with van der Waals surface area (Å²) in [6, 6.07) is 14.6. The van der Waals surface area contributed by atoms with Crippen LogP contribution in [0.25, 0.3) is 0 Å². The van der Waals surface area contributed by atoms with Crippen molar-refractivity contribution in [1.29, 1.82) is 5.26 Å². The number of nitriles is 1. The van der Waals surface area contributed by atoms with Crippen molar-refractivity contribution in [2.75, 3.05) is 7.11 Å². The molecule has 3 nitrogen and oxygen atoms in total. The van der Waals surface area contributed by atoms with E-state index in [1.54, 1.807) is 25.3 Å². The van der Waals surface area contributed by atoms with Gasteiger partial charge in [-0.05, 0) is 30.3 Å². The molecule has 0 fully saturated rings. The Hall–Kier alpha value is -1.99. The van der Waals surface area contributed by atoms with Crippen molar-refractivity contribution in [1.82, 2.24) is 0 Å². The fourth-order valence-corrected chi connectivity index (χ4v) is 1.84. The first-order valence-electron chi connectivity index (χ1n) is 5.24. The largest absolute Gasteiger partial charge is 0.497 e. The van der Waals surface area contributed by atoms with Crippen molar-refractivity contribution in [2.45, 2.75) is 0 Å². The first-order chi connectivity index (χ1) is 8.72. The molecule has 0 N–H and O–H groups in total. The standard InChI is InChI=1S/C14H10BrNO2/c1-17-12-6-5-10(9-16)14(8-12)18-13-4-2-3-11(15)7-13/h2-8H,1H3. The predicted octanol–water partition coefficient (Wildman–Crippen LogP) is 4.12. The van der Waals surface area contributed by atoms with Gasteiger partial charge < -0.3 is 9.47 Å². The van der Waals surface area contributed by atoms with Crippen LogP contribution in [-0.4, -0.2) is 7.11 Å². The molecule has 0 aliphatic rings. The van der Waals surface area contributed by atoms with E-state index in [1.165, 1.54) is 0 Å². The third-order valence-corrected chi connectivity index (χ3v) is 2.83. The van der Waals surface area contributed by atoms with Crippen LogP contribution in [0.5, 0.6) is 17.2 Å². The van der Waals surface area contributed by atoms with E-state index < -0.39 is 0 Å². The molecular formula is C14H10BrNO2. The fraction of sp³-hybridized carbons (Fsp3) is 0.0714. The Kier molecular flexibility index (Phi) is 3.85. The first kappa shape index (κ1) is 12.5. The maximum Gasteiger partial charge on any atom is 0.148 e. The first-order valence-corrected chi connectivity index (χ1v) is 6.04. The SMILES string of the molecule is COc1ccc(C#N)c(Oc2cccc(Br)c2)c1. The van der Waals surface area contributed by atoms with Gasteiger partial charge in [-0.1, -0.05) is 22.0 Å². The second-order valence-corrected chi connectivity index (χ2v) is 4.45. The number of ether oxygens (including phenoxy) is 2. The van der Waals surface area contributed by atoms with Gasteiger partial charge in [0.25, 0.3) is 0 Å². The number of hydrogen-bond acceptors (Lipinski definition) is 3. The van der Waals surface area contributed by atoms with Gasteiger partial charge in [0.1, 0.15) is 23.3 Å². The third kappa shape index (κ3) is 2.82. The smallest absolute Gasteiger partial charge is 0.148 e. The minimum absolute atomic E-state index is 0.468. The summed E-state index contributed by atoms with van der Waals surface area (Å²) in [4.78, 5) is 0. The molecule has 0 heterocycles. The van der Waals surface area contributed by atoms with E-state index >= 15 is 0 Å². The highest BCUT2D eigenvalue weighted by atomic mass is 79.9. The molecule has 2 aromatic carbocycles. The second kappa shape index (κ2) is 5.56. The maximum absolute atomic E-state index is 9.03. The highest BCUT2D eigenvalue weighted by Crippen LogP contribution is 2.30. The fourth-order valence-electron chi connectivity index (χ4n) is 1.46. The highest BCUT2D eigenvalue weighted by Gasteiger charge is 2.06. The molecule has 0 saturated carbocycles. The van der Waals surface area contributed by atoms with Crippen molar-refractivity contribution in [3.63, 3.8) is 0 Å². The summed E-state index contributed by atoms with van der Waals surface area (Å²) in [6.45, 7) is 0. The topological polar surface area (TPSA) is 42.2 Å². The molecule has 0 amide bonds. The molecule has 2 aromatic rings. The van der Waals surface area contributed by atoms with Crippen LogP contribution in [0.3, 0.4) is 0 Å². The second-order valence-electron chi connectivity index (χ2n) is 3.53. The number of rotatable bonds is 3. The molecule has 0 bridgehead atoms. The van der Waals surface area contributed by atoms with Crippen molar-refractivity contribution < 1.29 is 9.47 Å². The van der Waals surface area contributed by atoms with Crippen LogP contribution in [-0.2, 0) is 0 Å². The lowest BCUT2D eigenvalue weighted by atomic mass is 10.2. The predicted molar refractivity (Wildman–Crippen MR) is 71.9 cm³/mol. The molecule has 0 aliphatic heterocycles. The van der Waals surface area contributed by atoms with E-state index in [1.807, 2.05) is 24.3 Å². The Morgan fingerprint density at radius 2 is 1.94 bits per heavy atom. The van der Waals surface area contributed by atoms with Gasteiger partial charge in [0.2, 0.25) is 0 Å². The van der Waals surface area contributed by atoms with E-state index in [4.69, 9.17) is 14.7 Å². The molecular weight excluding hydrogens is 294 g/mol. The molecule has 0 atom stereocenters. The lowest BCUT2D eigenvalue weighted by molar-refractivity contribution is 0.409. The van der Waals surface area contributed by atoms with E-state index in [2.05, 4.69) is 22.0 Å². The van der Waals surface area contributed by atoms with Crippen LogP contribution in [0.4, 0.5) is 0 Å². The van der Waals surface area contributed by atoms with Gasteiger partial charge in [0, 0.05) is 10.5 Å². The number of methoxy groups -OCH3 is 1. The highest BCUT2D eigenvalue weighted by molar-refractivity contribution is 9.10. The summed E-state index contributed by atoms with van der Waals surface area (Å²) in [5, 5.41) is 9.03. The number of benzene rings is 2. The molecule has 0 aliphatic carbocycles. The van der Waals surface area contributed by atoms with Crippen LogP contribution < -0.4 is 9.47 Å². The zero-order valence-electron chi connectivity index (χ0n) is 9.68. The lowest BCUT2D eigenvalue weighted by Crippen LogP contribution is -1.90. The normalized spacial score (nSPS) is 9.61. The Balaban J connectivity index is 2.36. The van der Waals surface area contributed by atoms with Gasteiger partial charge in [-0.3, -0.25) is 0 Å². The summed E-state index contributed by atoms with van der Waals surface area (Å²) in [6.07, 6.45) is 0. The average molecular weight is 304 g/mol. The van der Waals surface area contributed by atoms with Crippen molar-refractivity contribution in [3.8, 4) is 23.3 Å². The molecule has 0 aromatic heterocycles. The van der Waals surface area contributed by atoms with Crippen molar-refractivity contribution >= 4 is 15.9 Å². The lowest BCUT2D eigenvalue weighted by Gasteiger charge is -2.09. The average Bonchev–Trinajstić information content (AvgIpc) is 2.38. The monoisotopic (exact) mass is 303 g/mol. The van der Waals surface area contributed by atoms with E-state index in [9.17, 15) is 0 Å². The van der Waals surface area contributed by atoms with Gasteiger partial charge in [-0.25, -0.2) is 0 Å². The van der Waals surface area contributed by atoms with Crippen LogP contribution >= 0.6 is 15.9 Å². The summed E-state index contributed by atoms with van der Waals surface area (Å²) in [5.41, 5.74) is 0.468.